The molecule has 0 saturated carbocycles. The van der Waals surface area contributed by atoms with Crippen molar-refractivity contribution in [1.82, 2.24) is 9.97 Å². The molecule has 0 spiro atoms. The Morgan fingerprint density at radius 2 is 2.18 bits per heavy atom. The van der Waals surface area contributed by atoms with E-state index in [0.717, 1.165) is 5.69 Å². The molecule has 0 unspecified atom stereocenters. The Morgan fingerprint density at radius 3 is 2.86 bits per heavy atom. The van der Waals surface area contributed by atoms with Crippen LogP contribution in [0, 0.1) is 0 Å². The summed E-state index contributed by atoms with van der Waals surface area (Å²) in [5.41, 5.74) is 1.18. The maximum Gasteiger partial charge on any atom is 0.252 e. The number of aromatic amines is 1. The number of hydrogen-bond acceptors (Lipinski definition) is 5. The molecule has 2 aromatic rings. The molecule has 0 amide bonds. The molecule has 5 nitrogen and oxygen atoms in total. The fraction of sp³-hybridized carbons (Fsp3) is 0.333. The van der Waals surface area contributed by atoms with Gasteiger partial charge in [0.2, 0.25) is 5.95 Å². The molecule has 22 heavy (non-hydrogen) atoms. The zero-order chi connectivity index (χ0) is 16.1. The van der Waals surface area contributed by atoms with E-state index >= 15 is 0 Å². The van der Waals surface area contributed by atoms with Crippen LogP contribution in [-0.4, -0.2) is 22.3 Å². The van der Waals surface area contributed by atoms with E-state index in [0.29, 0.717) is 33.4 Å². The van der Waals surface area contributed by atoms with Gasteiger partial charge in [0.15, 0.2) is 0 Å². The molecule has 1 aromatic heterocycles. The average Bonchev–Trinajstić information content (AvgIpc) is 2.45. The van der Waals surface area contributed by atoms with Crippen molar-refractivity contribution in [1.29, 1.82) is 0 Å². The molecule has 0 radical (unpaired) electrons. The third-order valence-electron chi connectivity index (χ3n) is 2.77. The molecule has 0 aliphatic carbocycles. The van der Waals surface area contributed by atoms with Gasteiger partial charge in [0.05, 0.1) is 18.5 Å². The minimum atomic E-state index is -0.196. The normalized spacial score (nSPS) is 10.8. The van der Waals surface area contributed by atoms with E-state index in [-0.39, 0.29) is 5.56 Å². The second-order valence-corrected chi connectivity index (χ2v) is 6.92. The quantitative estimate of drug-likeness (QED) is 0.837. The Bertz CT molecular complexity index is 703. The summed E-state index contributed by atoms with van der Waals surface area (Å²) in [6.07, 6.45) is 0. The highest BCUT2D eigenvalue weighted by atomic mass is 35.5. The molecular weight excluding hydrogens is 322 g/mol. The number of nitrogens with one attached hydrogen (secondary N) is 2. The highest BCUT2D eigenvalue weighted by Crippen LogP contribution is 2.29. The van der Waals surface area contributed by atoms with Crippen LogP contribution in [0.25, 0.3) is 0 Å². The predicted octanol–water partition coefficient (Wildman–Crippen LogP) is 3.82. The molecular formula is C15H18ClN3O2S. The van der Waals surface area contributed by atoms with E-state index < -0.39 is 0 Å². The van der Waals surface area contributed by atoms with Crippen LogP contribution in [0.1, 0.15) is 19.5 Å². The second kappa shape index (κ2) is 7.56. The number of rotatable bonds is 6. The number of ether oxygens (including phenoxy) is 1. The monoisotopic (exact) mass is 339 g/mol. The Hall–Kier alpha value is -1.66. The van der Waals surface area contributed by atoms with E-state index in [9.17, 15) is 4.79 Å². The van der Waals surface area contributed by atoms with E-state index in [1.807, 2.05) is 0 Å². The fourth-order valence-electron chi connectivity index (χ4n) is 1.80. The third-order valence-corrected chi connectivity index (χ3v) is 4.14. The van der Waals surface area contributed by atoms with Gasteiger partial charge in [0.1, 0.15) is 5.75 Å². The first-order chi connectivity index (χ1) is 10.5. The van der Waals surface area contributed by atoms with Gasteiger partial charge >= 0.3 is 0 Å². The van der Waals surface area contributed by atoms with Gasteiger partial charge in [-0.3, -0.25) is 9.78 Å². The lowest BCUT2D eigenvalue weighted by atomic mass is 10.3. The van der Waals surface area contributed by atoms with Crippen molar-refractivity contribution >= 4 is 35.0 Å². The summed E-state index contributed by atoms with van der Waals surface area (Å²) in [7, 11) is 1.57. The van der Waals surface area contributed by atoms with Crippen LogP contribution in [-0.2, 0) is 5.75 Å². The number of aromatic nitrogens is 2. The molecule has 7 heteroatoms. The van der Waals surface area contributed by atoms with Crippen molar-refractivity contribution < 1.29 is 4.74 Å². The second-order valence-electron chi connectivity index (χ2n) is 4.91. The van der Waals surface area contributed by atoms with Crippen LogP contribution in [0.3, 0.4) is 0 Å². The molecule has 1 aromatic carbocycles. The van der Waals surface area contributed by atoms with Crippen molar-refractivity contribution in [3.8, 4) is 5.75 Å². The predicted molar refractivity (Wildman–Crippen MR) is 92.6 cm³/mol. The summed E-state index contributed by atoms with van der Waals surface area (Å²) >= 11 is 7.73. The number of benzene rings is 1. The summed E-state index contributed by atoms with van der Waals surface area (Å²) in [6.45, 7) is 4.21. The third kappa shape index (κ3) is 4.68. The fourth-order valence-corrected chi connectivity index (χ4v) is 2.62. The Labute approximate surface area is 138 Å². The molecule has 0 fully saturated rings. The van der Waals surface area contributed by atoms with Crippen molar-refractivity contribution in [2.75, 3.05) is 12.4 Å². The first-order valence-corrected chi connectivity index (χ1v) is 8.23. The number of H-pyrrole nitrogens is 1. The topological polar surface area (TPSA) is 67.0 Å². The number of thioether (sulfide) groups is 1. The minimum Gasteiger partial charge on any atom is -0.495 e. The summed E-state index contributed by atoms with van der Waals surface area (Å²) in [5, 5.41) is 4.09. The van der Waals surface area contributed by atoms with E-state index in [1.165, 1.54) is 6.07 Å². The summed E-state index contributed by atoms with van der Waals surface area (Å²) < 4.78 is 5.27. The van der Waals surface area contributed by atoms with E-state index in [4.69, 9.17) is 16.3 Å². The lowest BCUT2D eigenvalue weighted by Gasteiger charge is -2.11. The SMILES string of the molecule is COc1ccc(Cl)cc1Nc1nc(CSC(C)C)cc(=O)[nH]1. The van der Waals surface area contributed by atoms with E-state index in [2.05, 4.69) is 29.1 Å². The standard InChI is InChI=1S/C15H18ClN3O2S/c1-9(2)22-8-11-7-14(20)19-15(17-11)18-12-6-10(16)4-5-13(12)21-3/h4-7,9H,8H2,1-3H3,(H2,17,18,19,20). The van der Waals surface area contributed by atoms with Gasteiger partial charge in [-0.25, -0.2) is 4.98 Å². The van der Waals surface area contributed by atoms with Crippen LogP contribution in [0.2, 0.25) is 5.02 Å². The first-order valence-electron chi connectivity index (χ1n) is 6.80. The highest BCUT2D eigenvalue weighted by Gasteiger charge is 2.08. The van der Waals surface area contributed by atoms with Crippen molar-refractivity contribution in [3.05, 3.63) is 45.3 Å². The van der Waals surface area contributed by atoms with Gasteiger partial charge in [-0.1, -0.05) is 25.4 Å². The zero-order valence-electron chi connectivity index (χ0n) is 12.6. The van der Waals surface area contributed by atoms with Crippen molar-refractivity contribution in [2.45, 2.75) is 24.9 Å². The molecule has 118 valence electrons. The summed E-state index contributed by atoms with van der Waals surface area (Å²) in [5.74, 6) is 1.67. The molecule has 2 rings (SSSR count). The van der Waals surface area contributed by atoms with Gasteiger partial charge in [-0.05, 0) is 23.4 Å². The summed E-state index contributed by atoms with van der Waals surface area (Å²) in [4.78, 5) is 18.9. The average molecular weight is 340 g/mol. The highest BCUT2D eigenvalue weighted by molar-refractivity contribution is 7.99. The lowest BCUT2D eigenvalue weighted by Crippen LogP contribution is -2.12. The minimum absolute atomic E-state index is 0.196. The Morgan fingerprint density at radius 1 is 1.41 bits per heavy atom. The maximum atomic E-state index is 11.8. The lowest BCUT2D eigenvalue weighted by molar-refractivity contribution is 0.417. The van der Waals surface area contributed by atoms with Gasteiger partial charge < -0.3 is 10.1 Å². The number of nitrogens with zero attached hydrogens (tertiary/aromatic N) is 1. The number of anilines is 2. The number of hydrogen-bond donors (Lipinski definition) is 2. The van der Waals surface area contributed by atoms with Gasteiger partial charge in [0, 0.05) is 16.8 Å². The van der Waals surface area contributed by atoms with Crippen molar-refractivity contribution in [2.24, 2.45) is 0 Å². The Balaban J connectivity index is 2.26. The summed E-state index contributed by atoms with van der Waals surface area (Å²) in [6, 6.07) is 6.71. The van der Waals surface area contributed by atoms with Crippen LogP contribution in [0.4, 0.5) is 11.6 Å². The molecule has 1 heterocycles. The maximum absolute atomic E-state index is 11.8. The molecule has 0 aliphatic heterocycles. The molecule has 0 bridgehead atoms. The van der Waals surface area contributed by atoms with Crippen LogP contribution >= 0.6 is 23.4 Å². The number of methoxy groups -OCH3 is 1. The van der Waals surface area contributed by atoms with Gasteiger partial charge in [-0.15, -0.1) is 0 Å². The molecule has 0 aliphatic rings. The van der Waals surface area contributed by atoms with Crippen LogP contribution in [0.5, 0.6) is 5.75 Å². The smallest absolute Gasteiger partial charge is 0.252 e. The largest absolute Gasteiger partial charge is 0.495 e. The molecule has 2 N–H and O–H groups in total. The van der Waals surface area contributed by atoms with Crippen molar-refractivity contribution in [3.63, 3.8) is 0 Å². The zero-order valence-corrected chi connectivity index (χ0v) is 14.2. The Kier molecular flexibility index (Phi) is 5.74. The van der Waals surface area contributed by atoms with Gasteiger partial charge in [-0.2, -0.15) is 11.8 Å². The van der Waals surface area contributed by atoms with Crippen LogP contribution in [0.15, 0.2) is 29.1 Å². The van der Waals surface area contributed by atoms with Crippen LogP contribution < -0.4 is 15.6 Å². The molecule has 0 atom stereocenters. The first kappa shape index (κ1) is 16.7. The number of halogens is 1. The van der Waals surface area contributed by atoms with Gasteiger partial charge in [0.25, 0.3) is 5.56 Å². The van der Waals surface area contributed by atoms with E-state index in [1.54, 1.807) is 37.1 Å². The molecule has 0 saturated heterocycles.